The summed E-state index contributed by atoms with van der Waals surface area (Å²) in [7, 11) is 0. The first-order valence-electron chi connectivity index (χ1n) is 9.41. The summed E-state index contributed by atoms with van der Waals surface area (Å²) in [4.78, 5) is 47.3. The highest BCUT2D eigenvalue weighted by Gasteiger charge is 2.13. The lowest BCUT2D eigenvalue weighted by atomic mass is 10.2. The van der Waals surface area contributed by atoms with Crippen molar-refractivity contribution in [2.75, 3.05) is 18.5 Å². The summed E-state index contributed by atoms with van der Waals surface area (Å²) in [5, 5.41) is 2.87. The zero-order valence-electron chi connectivity index (χ0n) is 16.8. The zero-order chi connectivity index (χ0) is 22.6. The number of ether oxygens (including phenoxy) is 2. The number of hydrazine groups is 1. The molecular formula is C21H22ClN3O6. The number of nitrogens with one attached hydrogen (secondary N) is 3. The summed E-state index contributed by atoms with van der Waals surface area (Å²) >= 11 is 5.89. The van der Waals surface area contributed by atoms with Gasteiger partial charge in [0.05, 0.1) is 23.6 Å². The van der Waals surface area contributed by atoms with E-state index in [1.165, 1.54) is 12.1 Å². The molecule has 0 spiro atoms. The second-order valence-electron chi connectivity index (χ2n) is 6.15. The second-order valence-corrected chi connectivity index (χ2v) is 6.56. The van der Waals surface area contributed by atoms with Crippen LogP contribution in [0.15, 0.2) is 48.5 Å². The normalized spacial score (nSPS) is 10.0. The van der Waals surface area contributed by atoms with Crippen LogP contribution in [0.4, 0.5) is 5.69 Å². The Hall–Kier alpha value is -3.59. The highest BCUT2D eigenvalue weighted by Crippen LogP contribution is 2.16. The van der Waals surface area contributed by atoms with Crippen LogP contribution in [-0.2, 0) is 19.1 Å². The van der Waals surface area contributed by atoms with E-state index in [1.54, 1.807) is 36.4 Å². The SMILES string of the molecule is CCOc1ccc(NC(=O)CCC(=O)OCC(=O)NNC(=O)c2ccccc2Cl)cc1. The lowest BCUT2D eigenvalue weighted by molar-refractivity contribution is -0.149. The van der Waals surface area contributed by atoms with Crippen molar-refractivity contribution in [3.05, 3.63) is 59.1 Å². The van der Waals surface area contributed by atoms with Crippen LogP contribution in [-0.4, -0.2) is 36.9 Å². The topological polar surface area (TPSA) is 123 Å². The van der Waals surface area contributed by atoms with Gasteiger partial charge in [-0.05, 0) is 43.3 Å². The van der Waals surface area contributed by atoms with Gasteiger partial charge < -0.3 is 14.8 Å². The number of rotatable bonds is 9. The maximum Gasteiger partial charge on any atom is 0.306 e. The lowest BCUT2D eigenvalue weighted by Gasteiger charge is -2.09. The van der Waals surface area contributed by atoms with Crippen LogP contribution in [0.5, 0.6) is 5.75 Å². The van der Waals surface area contributed by atoms with Crippen molar-refractivity contribution in [3.63, 3.8) is 0 Å². The zero-order valence-corrected chi connectivity index (χ0v) is 17.5. The molecule has 2 rings (SSSR count). The Labute approximate surface area is 184 Å². The van der Waals surface area contributed by atoms with Gasteiger partial charge in [-0.1, -0.05) is 23.7 Å². The van der Waals surface area contributed by atoms with Gasteiger partial charge in [0.1, 0.15) is 5.75 Å². The van der Waals surface area contributed by atoms with Crippen LogP contribution < -0.4 is 20.9 Å². The van der Waals surface area contributed by atoms with E-state index in [4.69, 9.17) is 21.1 Å². The molecule has 0 fully saturated rings. The van der Waals surface area contributed by atoms with Crippen molar-refractivity contribution in [1.82, 2.24) is 10.9 Å². The van der Waals surface area contributed by atoms with Crippen molar-refractivity contribution in [2.45, 2.75) is 19.8 Å². The molecule has 10 heteroatoms. The van der Waals surface area contributed by atoms with E-state index < -0.39 is 24.4 Å². The van der Waals surface area contributed by atoms with Crippen LogP contribution in [0.1, 0.15) is 30.1 Å². The number of anilines is 1. The van der Waals surface area contributed by atoms with Gasteiger partial charge >= 0.3 is 5.97 Å². The van der Waals surface area contributed by atoms with Crippen LogP contribution in [0.2, 0.25) is 5.02 Å². The van der Waals surface area contributed by atoms with E-state index in [1.807, 2.05) is 6.92 Å². The molecule has 0 radical (unpaired) electrons. The molecule has 31 heavy (non-hydrogen) atoms. The second kappa shape index (κ2) is 12.2. The molecule has 2 aromatic carbocycles. The minimum atomic E-state index is -0.743. The summed E-state index contributed by atoms with van der Waals surface area (Å²) in [6.07, 6.45) is -0.320. The number of hydrogen-bond donors (Lipinski definition) is 3. The standard InChI is InChI=1S/C21H22ClN3O6/c1-2-30-15-9-7-14(8-10-15)23-18(26)11-12-20(28)31-13-19(27)24-25-21(29)16-5-3-4-6-17(16)22/h3-10H,2,11-13H2,1H3,(H,23,26)(H,24,27)(H,25,29). The van der Waals surface area contributed by atoms with Crippen LogP contribution >= 0.6 is 11.6 Å². The first-order chi connectivity index (χ1) is 14.9. The van der Waals surface area contributed by atoms with Gasteiger partial charge in [0.2, 0.25) is 5.91 Å². The average Bonchev–Trinajstić information content (AvgIpc) is 2.76. The first-order valence-corrected chi connectivity index (χ1v) is 9.79. The number of esters is 1. The van der Waals surface area contributed by atoms with Crippen LogP contribution in [0.25, 0.3) is 0 Å². The highest BCUT2D eigenvalue weighted by molar-refractivity contribution is 6.33. The maximum absolute atomic E-state index is 11.9. The molecule has 0 aliphatic rings. The Morgan fingerprint density at radius 2 is 1.61 bits per heavy atom. The number of carbonyl (C=O) groups is 4. The van der Waals surface area contributed by atoms with Crippen molar-refractivity contribution >= 4 is 41.0 Å². The average molecular weight is 448 g/mol. The maximum atomic E-state index is 11.9. The van der Waals surface area contributed by atoms with Crippen molar-refractivity contribution in [3.8, 4) is 5.75 Å². The largest absolute Gasteiger partial charge is 0.494 e. The summed E-state index contributed by atoms with van der Waals surface area (Å²) in [6.45, 7) is 1.80. The number of hydrogen-bond acceptors (Lipinski definition) is 6. The molecule has 0 heterocycles. The molecule has 0 aromatic heterocycles. The van der Waals surface area contributed by atoms with Crippen LogP contribution in [0.3, 0.4) is 0 Å². The van der Waals surface area contributed by atoms with Gasteiger partial charge in [-0.25, -0.2) is 0 Å². The van der Waals surface area contributed by atoms with Gasteiger partial charge in [-0.15, -0.1) is 0 Å². The Balaban J connectivity index is 1.64. The summed E-state index contributed by atoms with van der Waals surface area (Å²) < 4.78 is 10.1. The molecule has 0 aliphatic heterocycles. The van der Waals surface area contributed by atoms with E-state index in [-0.39, 0.29) is 29.3 Å². The highest BCUT2D eigenvalue weighted by atomic mass is 35.5. The quantitative estimate of drug-likeness (QED) is 0.401. The molecule has 0 saturated carbocycles. The number of amides is 3. The van der Waals surface area contributed by atoms with Crippen molar-refractivity contribution < 1.29 is 28.7 Å². The summed E-state index contributed by atoms with van der Waals surface area (Å²) in [5.41, 5.74) is 5.02. The van der Waals surface area contributed by atoms with E-state index in [0.29, 0.717) is 18.0 Å². The van der Waals surface area contributed by atoms with Gasteiger partial charge in [0.15, 0.2) is 6.61 Å². The Morgan fingerprint density at radius 1 is 0.903 bits per heavy atom. The summed E-state index contributed by atoms with van der Waals surface area (Å²) in [6, 6.07) is 13.1. The minimum Gasteiger partial charge on any atom is -0.494 e. The van der Waals surface area contributed by atoms with E-state index in [0.717, 1.165) is 0 Å². The molecule has 0 atom stereocenters. The Bertz CT molecular complexity index is 933. The third-order valence-corrected chi connectivity index (χ3v) is 4.13. The molecular weight excluding hydrogens is 426 g/mol. The van der Waals surface area contributed by atoms with Crippen molar-refractivity contribution in [1.29, 1.82) is 0 Å². The smallest absolute Gasteiger partial charge is 0.306 e. The van der Waals surface area contributed by atoms with E-state index in [2.05, 4.69) is 16.2 Å². The van der Waals surface area contributed by atoms with Crippen LogP contribution in [0, 0.1) is 0 Å². The molecule has 0 aliphatic carbocycles. The molecule has 0 bridgehead atoms. The molecule has 0 saturated heterocycles. The Kier molecular flexibility index (Phi) is 9.31. The molecule has 2 aromatic rings. The predicted molar refractivity (Wildman–Crippen MR) is 113 cm³/mol. The van der Waals surface area contributed by atoms with Gasteiger partial charge in [0, 0.05) is 12.1 Å². The van der Waals surface area contributed by atoms with Gasteiger partial charge in [0.25, 0.3) is 11.8 Å². The third-order valence-electron chi connectivity index (χ3n) is 3.80. The van der Waals surface area contributed by atoms with E-state index >= 15 is 0 Å². The number of halogens is 1. The molecule has 0 unspecified atom stereocenters. The van der Waals surface area contributed by atoms with Gasteiger partial charge in [-0.2, -0.15) is 0 Å². The van der Waals surface area contributed by atoms with E-state index in [9.17, 15) is 19.2 Å². The predicted octanol–water partition coefficient (Wildman–Crippen LogP) is 2.46. The molecule has 3 N–H and O–H groups in total. The fourth-order valence-electron chi connectivity index (χ4n) is 2.33. The molecule has 164 valence electrons. The summed E-state index contributed by atoms with van der Waals surface area (Å²) in [5.74, 6) is -1.78. The van der Waals surface area contributed by atoms with Gasteiger partial charge in [-0.3, -0.25) is 30.0 Å². The Morgan fingerprint density at radius 3 is 2.29 bits per heavy atom. The fourth-order valence-corrected chi connectivity index (χ4v) is 2.56. The monoisotopic (exact) mass is 447 g/mol. The van der Waals surface area contributed by atoms with Crippen molar-refractivity contribution in [2.24, 2.45) is 0 Å². The minimum absolute atomic E-state index is 0.114. The fraction of sp³-hybridized carbons (Fsp3) is 0.238. The third kappa shape index (κ3) is 8.35. The number of carbonyl (C=O) groups excluding carboxylic acids is 4. The molecule has 9 nitrogen and oxygen atoms in total. The first kappa shape index (κ1) is 23.7. The number of benzene rings is 2. The molecule has 3 amide bonds. The lowest BCUT2D eigenvalue weighted by Crippen LogP contribution is -2.43.